The van der Waals surface area contributed by atoms with Crippen LogP contribution in [0.15, 0.2) is 6.20 Å². The molecule has 1 aromatic heterocycles. The number of nitrogens with zero attached hydrogens (tertiary/aromatic N) is 1. The second kappa shape index (κ2) is 5.02. The average molecular weight is 401 g/mol. The summed E-state index contributed by atoms with van der Waals surface area (Å²) in [5.41, 5.74) is -2.77. The van der Waals surface area contributed by atoms with Gasteiger partial charge in [-0.3, -0.25) is 0 Å². The molecular weight excluding hydrogens is 399 g/mol. The van der Waals surface area contributed by atoms with Gasteiger partial charge in [0.2, 0.25) is 0 Å². The number of carbonyl (C=O) groups is 1. The number of aromatic nitrogens is 1. The van der Waals surface area contributed by atoms with Crippen molar-refractivity contribution < 1.29 is 41.0 Å². The van der Waals surface area contributed by atoms with Crippen LogP contribution in [-0.2, 0) is 6.18 Å². The quantitative estimate of drug-likeness (QED) is 0.611. The van der Waals surface area contributed by atoms with E-state index in [2.05, 4.69) is 9.72 Å². The van der Waals surface area contributed by atoms with Crippen LogP contribution in [0, 0.1) is 3.57 Å². The van der Waals surface area contributed by atoms with E-state index in [1.807, 2.05) is 0 Å². The van der Waals surface area contributed by atoms with Gasteiger partial charge in [0.05, 0.1) is 9.13 Å². The molecule has 0 aromatic carbocycles. The molecule has 1 rings (SSSR count). The molecule has 0 atom stereocenters. The lowest BCUT2D eigenvalue weighted by atomic mass is 10.2. The normalized spacial score (nSPS) is 12.4. The van der Waals surface area contributed by atoms with E-state index in [9.17, 15) is 31.1 Å². The molecule has 11 heteroatoms. The molecule has 0 aliphatic rings. The first-order valence-corrected chi connectivity index (χ1v) is 5.26. The van der Waals surface area contributed by atoms with E-state index >= 15 is 0 Å². The van der Waals surface area contributed by atoms with Gasteiger partial charge in [0.15, 0.2) is 11.4 Å². The highest BCUT2D eigenvalue weighted by atomic mass is 127. The van der Waals surface area contributed by atoms with Crippen LogP contribution in [0.2, 0.25) is 0 Å². The van der Waals surface area contributed by atoms with Crippen molar-refractivity contribution in [1.82, 2.24) is 4.98 Å². The maximum absolute atomic E-state index is 12.5. The summed E-state index contributed by atoms with van der Waals surface area (Å²) in [5, 5.41) is 8.62. The summed E-state index contributed by atoms with van der Waals surface area (Å²) in [4.78, 5) is 13.3. The van der Waals surface area contributed by atoms with Crippen LogP contribution in [0.25, 0.3) is 0 Å². The summed E-state index contributed by atoms with van der Waals surface area (Å²) >= 11 is 1.02. The van der Waals surface area contributed by atoms with Crippen LogP contribution in [0.4, 0.5) is 26.3 Å². The van der Waals surface area contributed by atoms with Gasteiger partial charge in [-0.15, -0.1) is 13.2 Å². The monoisotopic (exact) mass is 401 g/mol. The highest BCUT2D eigenvalue weighted by Crippen LogP contribution is 2.40. The topological polar surface area (TPSA) is 59.4 Å². The molecule has 19 heavy (non-hydrogen) atoms. The number of carboxylic acids is 1. The molecule has 4 nitrogen and oxygen atoms in total. The lowest BCUT2D eigenvalue weighted by molar-refractivity contribution is -0.276. The van der Waals surface area contributed by atoms with E-state index in [4.69, 9.17) is 5.11 Å². The zero-order valence-corrected chi connectivity index (χ0v) is 10.6. The maximum Gasteiger partial charge on any atom is 0.573 e. The van der Waals surface area contributed by atoms with E-state index in [0.717, 1.165) is 22.6 Å². The zero-order valence-electron chi connectivity index (χ0n) is 8.43. The summed E-state index contributed by atoms with van der Waals surface area (Å²) in [5.74, 6) is -3.40. The van der Waals surface area contributed by atoms with Gasteiger partial charge in [-0.1, -0.05) is 0 Å². The van der Waals surface area contributed by atoms with E-state index in [-0.39, 0.29) is 0 Å². The molecule has 106 valence electrons. The third-order valence-corrected chi connectivity index (χ3v) is 2.76. The molecule has 0 saturated carbocycles. The third kappa shape index (κ3) is 3.84. The number of rotatable bonds is 2. The molecule has 0 radical (unpaired) electrons. The van der Waals surface area contributed by atoms with Crippen molar-refractivity contribution in [2.24, 2.45) is 0 Å². The molecule has 1 heterocycles. The number of carboxylic acid groups (broad SMARTS) is 1. The summed E-state index contributed by atoms with van der Waals surface area (Å²) < 4.78 is 76.0. The lowest BCUT2D eigenvalue weighted by Gasteiger charge is -2.16. The van der Waals surface area contributed by atoms with E-state index < -0.39 is 39.1 Å². The van der Waals surface area contributed by atoms with Crippen molar-refractivity contribution in [3.05, 3.63) is 21.0 Å². The van der Waals surface area contributed by atoms with Crippen molar-refractivity contribution in [1.29, 1.82) is 0 Å². The third-order valence-electron chi connectivity index (χ3n) is 1.69. The Kier molecular flexibility index (Phi) is 4.17. The molecule has 0 saturated heterocycles. The largest absolute Gasteiger partial charge is 0.573 e. The van der Waals surface area contributed by atoms with Gasteiger partial charge in [-0.05, 0) is 22.6 Å². The lowest BCUT2D eigenvalue weighted by Crippen LogP contribution is -2.23. The van der Waals surface area contributed by atoms with Crippen LogP contribution < -0.4 is 4.74 Å². The van der Waals surface area contributed by atoms with Gasteiger partial charge in [-0.2, -0.15) is 13.2 Å². The van der Waals surface area contributed by atoms with E-state index in [1.54, 1.807) is 0 Å². The van der Waals surface area contributed by atoms with Gasteiger partial charge in [-0.25, -0.2) is 9.78 Å². The van der Waals surface area contributed by atoms with Gasteiger partial charge < -0.3 is 9.84 Å². The van der Waals surface area contributed by atoms with E-state index in [0.29, 0.717) is 6.20 Å². The molecule has 0 aliphatic heterocycles. The zero-order chi connectivity index (χ0) is 15.0. The number of alkyl halides is 6. The minimum atomic E-state index is -5.40. The number of aromatic carboxylic acids is 1. The minimum absolute atomic E-state index is 0.316. The fourth-order valence-electron chi connectivity index (χ4n) is 1.03. The molecule has 0 spiro atoms. The Morgan fingerprint density at radius 2 is 1.79 bits per heavy atom. The summed E-state index contributed by atoms with van der Waals surface area (Å²) in [6.45, 7) is 0. The predicted molar refractivity (Wildman–Crippen MR) is 55.6 cm³/mol. The van der Waals surface area contributed by atoms with Crippen molar-refractivity contribution in [2.75, 3.05) is 0 Å². The SMILES string of the molecule is O=C(O)c1cnc(C(F)(F)F)c(OC(F)(F)F)c1I. The van der Waals surface area contributed by atoms with Gasteiger partial charge in [0.1, 0.15) is 0 Å². The van der Waals surface area contributed by atoms with Crippen LogP contribution >= 0.6 is 22.6 Å². The Bertz CT molecular complexity index is 512. The minimum Gasteiger partial charge on any atom is -0.478 e. The molecule has 0 fully saturated rings. The van der Waals surface area contributed by atoms with Crippen LogP contribution in [0.5, 0.6) is 5.75 Å². The number of pyridine rings is 1. The number of hydrogen-bond acceptors (Lipinski definition) is 3. The van der Waals surface area contributed by atoms with Crippen molar-refractivity contribution in [3.63, 3.8) is 0 Å². The molecular formula is C8H2F6INO3. The first-order valence-electron chi connectivity index (χ1n) is 4.18. The first-order chi connectivity index (χ1) is 8.43. The van der Waals surface area contributed by atoms with E-state index in [1.165, 1.54) is 0 Å². The number of ether oxygens (including phenoxy) is 1. The first kappa shape index (κ1) is 15.8. The van der Waals surface area contributed by atoms with Gasteiger partial charge in [0.25, 0.3) is 0 Å². The summed E-state index contributed by atoms with van der Waals surface area (Å²) in [6, 6.07) is 0. The highest BCUT2D eigenvalue weighted by molar-refractivity contribution is 14.1. The summed E-state index contributed by atoms with van der Waals surface area (Å²) in [7, 11) is 0. The van der Waals surface area contributed by atoms with Crippen molar-refractivity contribution >= 4 is 28.6 Å². The van der Waals surface area contributed by atoms with Crippen molar-refractivity contribution in [2.45, 2.75) is 12.5 Å². The molecule has 0 bridgehead atoms. The number of halogens is 7. The molecule has 0 aliphatic carbocycles. The Morgan fingerprint density at radius 1 is 1.26 bits per heavy atom. The maximum atomic E-state index is 12.5. The predicted octanol–water partition coefficient (Wildman–Crippen LogP) is 3.30. The average Bonchev–Trinajstić information content (AvgIpc) is 2.16. The number of hydrogen-bond donors (Lipinski definition) is 1. The second-order valence-electron chi connectivity index (χ2n) is 3.01. The Hall–Kier alpha value is -1.27. The molecule has 0 unspecified atom stereocenters. The van der Waals surface area contributed by atoms with Crippen molar-refractivity contribution in [3.8, 4) is 5.75 Å². The Labute approximate surface area is 114 Å². The van der Waals surface area contributed by atoms with Crippen LogP contribution in [0.1, 0.15) is 16.1 Å². The molecule has 0 amide bonds. The second-order valence-corrected chi connectivity index (χ2v) is 4.09. The fraction of sp³-hybridized carbons (Fsp3) is 0.250. The highest BCUT2D eigenvalue weighted by Gasteiger charge is 2.43. The smallest absolute Gasteiger partial charge is 0.478 e. The Balaban J connectivity index is 3.51. The van der Waals surface area contributed by atoms with Crippen LogP contribution in [0.3, 0.4) is 0 Å². The molecule has 1 N–H and O–H groups in total. The fourth-order valence-corrected chi connectivity index (χ4v) is 1.77. The summed E-state index contributed by atoms with van der Waals surface area (Å²) in [6.07, 6.45) is -10.3. The van der Waals surface area contributed by atoms with Gasteiger partial charge >= 0.3 is 18.5 Å². The van der Waals surface area contributed by atoms with Gasteiger partial charge in [0, 0.05) is 6.20 Å². The Morgan fingerprint density at radius 3 is 2.16 bits per heavy atom. The van der Waals surface area contributed by atoms with Crippen LogP contribution in [-0.4, -0.2) is 22.4 Å². The standard InChI is InChI=1S/C8H2F6INO3/c9-7(10,11)5-4(19-8(12,13)14)3(15)2(1-16-5)6(17)18/h1H,(H,17,18). The molecule has 1 aromatic rings.